The summed E-state index contributed by atoms with van der Waals surface area (Å²) in [6.45, 7) is 1.03. The van der Waals surface area contributed by atoms with Gasteiger partial charge in [0.2, 0.25) is 5.79 Å². The molecule has 0 radical (unpaired) electrons. The second kappa shape index (κ2) is 6.20. The lowest BCUT2D eigenvalue weighted by atomic mass is 9.55. The molecule has 2 aliphatic heterocycles. The number of methoxy groups -OCH3 is 3. The summed E-state index contributed by atoms with van der Waals surface area (Å²) >= 11 is 4.89. The molecule has 4 unspecified atom stereocenters. The van der Waals surface area contributed by atoms with Crippen molar-refractivity contribution in [2.45, 2.75) is 40.1 Å². The Morgan fingerprint density at radius 1 is 1.26 bits per heavy atom. The quantitative estimate of drug-likeness (QED) is 0.233. The number of rotatable bonds is 3. The van der Waals surface area contributed by atoms with E-state index in [2.05, 4.69) is 69.3 Å². The van der Waals surface area contributed by atoms with Gasteiger partial charge in [-0.1, -0.05) is 28.7 Å². The third-order valence-corrected chi connectivity index (χ3v) is 9.21. The van der Waals surface area contributed by atoms with Gasteiger partial charge in [0.25, 0.3) is 0 Å². The van der Waals surface area contributed by atoms with Gasteiger partial charge in [0.1, 0.15) is 0 Å². The van der Waals surface area contributed by atoms with Crippen molar-refractivity contribution in [2.24, 2.45) is 0 Å². The van der Waals surface area contributed by atoms with E-state index in [0.29, 0.717) is 6.04 Å². The molecule has 2 heterocycles. The Balaban J connectivity index is 1.87. The molecule has 1 fully saturated rings. The zero-order valence-corrected chi connectivity index (χ0v) is 20.2. The molecule has 2 aliphatic carbocycles. The number of likely N-dealkylation sites (tertiary alicyclic amines) is 1. The Kier molecular flexibility index (Phi) is 4.34. The van der Waals surface area contributed by atoms with Gasteiger partial charge in [0.05, 0.1) is 16.4 Å². The van der Waals surface area contributed by atoms with E-state index in [1.54, 1.807) is 21.3 Å². The molecule has 0 aromatic heterocycles. The lowest BCUT2D eigenvalue weighted by Crippen LogP contribution is -2.69. The normalized spacial score (nSPS) is 35.3. The van der Waals surface area contributed by atoms with Crippen LogP contribution in [-0.2, 0) is 21.3 Å². The van der Waals surface area contributed by atoms with E-state index in [4.69, 9.17) is 18.9 Å². The van der Waals surface area contributed by atoms with Gasteiger partial charge in [0, 0.05) is 29.4 Å². The summed E-state index contributed by atoms with van der Waals surface area (Å²) in [5.74, 6) is 0.870. The molecule has 0 saturated carbocycles. The number of halogens is 2. The van der Waals surface area contributed by atoms with Crippen molar-refractivity contribution in [2.75, 3.05) is 34.9 Å². The predicted octanol–water partition coefficient (Wildman–Crippen LogP) is 3.29. The second-order valence-corrected chi connectivity index (χ2v) is 10.3. The van der Waals surface area contributed by atoms with Crippen LogP contribution in [0.4, 0.5) is 0 Å². The van der Waals surface area contributed by atoms with Crippen LogP contribution in [0.15, 0.2) is 17.7 Å². The highest BCUT2D eigenvalue weighted by molar-refractivity contribution is 14.1. The van der Waals surface area contributed by atoms with Crippen LogP contribution in [0, 0.1) is 3.57 Å². The summed E-state index contributed by atoms with van der Waals surface area (Å²) in [5.41, 5.74) is 3.98. The van der Waals surface area contributed by atoms with Crippen LogP contribution >= 0.6 is 45.2 Å². The molecule has 1 saturated heterocycles. The van der Waals surface area contributed by atoms with Gasteiger partial charge in [-0.2, -0.15) is 0 Å². The average molecular weight is 595 g/mol. The first kappa shape index (κ1) is 18.9. The average Bonchev–Trinajstić information content (AvgIpc) is 3.01. The second-order valence-electron chi connectivity index (χ2n) is 7.82. The third-order valence-electron chi connectivity index (χ3n) is 7.02. The van der Waals surface area contributed by atoms with E-state index in [9.17, 15) is 0 Å². The van der Waals surface area contributed by atoms with E-state index < -0.39 is 5.79 Å². The minimum Gasteiger partial charge on any atom is -0.493 e. The van der Waals surface area contributed by atoms with E-state index in [1.165, 1.54) is 20.3 Å². The molecule has 4 aliphatic rings. The van der Waals surface area contributed by atoms with Gasteiger partial charge >= 0.3 is 0 Å². The van der Waals surface area contributed by atoms with Crippen LogP contribution in [0.2, 0.25) is 0 Å². The van der Waals surface area contributed by atoms with Crippen molar-refractivity contribution in [3.8, 4) is 11.5 Å². The van der Waals surface area contributed by atoms with Gasteiger partial charge in [-0.3, -0.25) is 4.90 Å². The summed E-state index contributed by atoms with van der Waals surface area (Å²) in [4.78, 5) is 2.49. The number of likely N-dealkylation sites (N-methyl/N-ethyl adjacent to an activating group) is 1. The molecule has 27 heavy (non-hydrogen) atoms. The molecule has 1 spiro atoms. The Labute approximate surface area is 187 Å². The van der Waals surface area contributed by atoms with Crippen LogP contribution in [0.5, 0.6) is 11.5 Å². The highest BCUT2D eigenvalue weighted by Gasteiger charge is 2.70. The minimum absolute atomic E-state index is 0.0631. The Morgan fingerprint density at radius 3 is 2.67 bits per heavy atom. The van der Waals surface area contributed by atoms with Gasteiger partial charge < -0.3 is 18.9 Å². The highest BCUT2D eigenvalue weighted by atomic mass is 127. The van der Waals surface area contributed by atoms with Crippen LogP contribution in [0.3, 0.4) is 0 Å². The number of hydrogen-bond donors (Lipinski definition) is 0. The lowest BCUT2D eigenvalue weighted by Gasteiger charge is -2.58. The molecule has 0 amide bonds. The molecule has 2 bridgehead atoms. The number of hydrogen-bond acceptors (Lipinski definition) is 5. The predicted molar refractivity (Wildman–Crippen MR) is 119 cm³/mol. The number of alkyl halides is 1. The number of ether oxygens (including phenoxy) is 4. The monoisotopic (exact) mass is 595 g/mol. The fourth-order valence-electron chi connectivity index (χ4n) is 5.76. The molecular formula is C20H23I2NO4. The van der Waals surface area contributed by atoms with E-state index in [0.717, 1.165) is 30.9 Å². The standard InChI is InChI=1S/C20H23I2NO4/c1-23-6-5-19-11-8-15(22)20(25-3,26-4)18(19)27-17-14(24-2)9-12(21)10(16(17)19)7-13(11)23/h8-9,13,15,18H,5-7H2,1-4H3. The zero-order valence-electron chi connectivity index (χ0n) is 15.8. The summed E-state index contributed by atoms with van der Waals surface area (Å²) in [5, 5.41) is 0. The number of nitrogens with zero attached hydrogens (tertiary/aromatic N) is 1. The van der Waals surface area contributed by atoms with Crippen LogP contribution in [0.1, 0.15) is 17.5 Å². The van der Waals surface area contributed by atoms with Crippen LogP contribution in [0.25, 0.3) is 0 Å². The summed E-state index contributed by atoms with van der Waals surface area (Å²) in [6, 6.07) is 2.50. The topological polar surface area (TPSA) is 40.2 Å². The first-order valence-electron chi connectivity index (χ1n) is 9.18. The first-order chi connectivity index (χ1) is 12.9. The molecule has 146 valence electrons. The molecule has 1 aromatic rings. The number of benzene rings is 1. The van der Waals surface area contributed by atoms with E-state index in [-0.39, 0.29) is 15.4 Å². The zero-order chi connectivity index (χ0) is 19.1. The summed E-state index contributed by atoms with van der Waals surface area (Å²) in [7, 11) is 7.42. The van der Waals surface area contributed by atoms with E-state index >= 15 is 0 Å². The molecule has 4 atom stereocenters. The lowest BCUT2D eigenvalue weighted by molar-refractivity contribution is -0.257. The first-order valence-corrected chi connectivity index (χ1v) is 11.5. The van der Waals surface area contributed by atoms with Crippen molar-refractivity contribution >= 4 is 45.2 Å². The van der Waals surface area contributed by atoms with Crippen molar-refractivity contribution in [1.82, 2.24) is 4.90 Å². The molecule has 5 rings (SSSR count). The summed E-state index contributed by atoms with van der Waals surface area (Å²) < 4.78 is 25.9. The number of piperidine rings is 1. The maximum absolute atomic E-state index is 6.72. The smallest absolute Gasteiger partial charge is 0.222 e. The SMILES string of the molecule is COc1cc(I)c2c3c1OC1C34CCN(C)C(C2)C4=CC(I)C1(OC)OC. The van der Waals surface area contributed by atoms with Crippen molar-refractivity contribution in [3.63, 3.8) is 0 Å². The van der Waals surface area contributed by atoms with Crippen molar-refractivity contribution < 1.29 is 18.9 Å². The molecular weight excluding hydrogens is 572 g/mol. The molecule has 1 aromatic carbocycles. The fourth-order valence-corrected chi connectivity index (χ4v) is 7.76. The van der Waals surface area contributed by atoms with Crippen LogP contribution < -0.4 is 9.47 Å². The largest absolute Gasteiger partial charge is 0.493 e. The van der Waals surface area contributed by atoms with Gasteiger partial charge in [-0.25, -0.2) is 0 Å². The van der Waals surface area contributed by atoms with Gasteiger partial charge in [-0.05, 0) is 66.2 Å². The molecule has 7 heteroatoms. The molecule has 5 nitrogen and oxygen atoms in total. The fraction of sp³-hybridized carbons (Fsp3) is 0.600. The van der Waals surface area contributed by atoms with Crippen LogP contribution in [-0.4, -0.2) is 61.7 Å². The summed E-state index contributed by atoms with van der Waals surface area (Å²) in [6.07, 6.45) is 4.18. The third kappa shape index (κ3) is 2.10. The Hall–Kier alpha value is -0.100. The Bertz CT molecular complexity index is 853. The van der Waals surface area contributed by atoms with Gasteiger partial charge in [0.15, 0.2) is 17.6 Å². The van der Waals surface area contributed by atoms with E-state index in [1.807, 2.05) is 0 Å². The van der Waals surface area contributed by atoms with Gasteiger partial charge in [-0.15, -0.1) is 0 Å². The Morgan fingerprint density at radius 2 is 2.00 bits per heavy atom. The maximum atomic E-state index is 6.72. The maximum Gasteiger partial charge on any atom is 0.222 e. The van der Waals surface area contributed by atoms with Crippen molar-refractivity contribution in [1.29, 1.82) is 0 Å². The minimum atomic E-state index is -0.825. The van der Waals surface area contributed by atoms with Crippen molar-refractivity contribution in [3.05, 3.63) is 32.4 Å². The highest BCUT2D eigenvalue weighted by Crippen LogP contribution is 2.65. The molecule has 0 N–H and O–H groups in total.